The molecule has 0 aromatic carbocycles. The fraction of sp³-hybridized carbons (Fsp3) is 0.667. The second-order valence-electron chi connectivity index (χ2n) is 3.31. The summed E-state index contributed by atoms with van der Waals surface area (Å²) in [5, 5.41) is 0. The van der Waals surface area contributed by atoms with E-state index in [1.807, 2.05) is 0 Å². The summed E-state index contributed by atoms with van der Waals surface area (Å²) in [6, 6.07) is 0. The van der Waals surface area contributed by atoms with Crippen molar-refractivity contribution in [1.82, 2.24) is 4.98 Å². The second kappa shape index (κ2) is 3.68. The monoisotopic (exact) mass is 201 g/mol. The van der Waals surface area contributed by atoms with Crippen molar-refractivity contribution < 1.29 is 9.15 Å². The van der Waals surface area contributed by atoms with Crippen LogP contribution < -0.4 is 0 Å². The Bertz CT molecular complexity index is 287. The second-order valence-corrected chi connectivity index (χ2v) is 3.58. The van der Waals surface area contributed by atoms with Crippen molar-refractivity contribution in [1.29, 1.82) is 0 Å². The fourth-order valence-electron chi connectivity index (χ4n) is 1.64. The molecule has 1 aromatic heterocycles. The summed E-state index contributed by atoms with van der Waals surface area (Å²) in [6.07, 6.45) is 3.89. The van der Waals surface area contributed by atoms with Crippen LogP contribution in [0, 0.1) is 0 Å². The van der Waals surface area contributed by atoms with Gasteiger partial charge in [0, 0.05) is 0 Å². The van der Waals surface area contributed by atoms with Gasteiger partial charge < -0.3 is 9.15 Å². The van der Waals surface area contributed by atoms with Gasteiger partial charge in [0.05, 0.1) is 17.7 Å². The molecule has 0 saturated carbocycles. The minimum absolute atomic E-state index is 0.0613. The number of nitrogens with zero attached hydrogens (tertiary/aromatic N) is 1. The highest BCUT2D eigenvalue weighted by molar-refractivity contribution is 6.16. The third-order valence-corrected chi connectivity index (χ3v) is 2.58. The third-order valence-electron chi connectivity index (χ3n) is 2.32. The van der Waals surface area contributed by atoms with Gasteiger partial charge in [0.25, 0.3) is 0 Å². The van der Waals surface area contributed by atoms with E-state index in [0.29, 0.717) is 12.0 Å². The molecule has 2 rings (SSSR count). The summed E-state index contributed by atoms with van der Waals surface area (Å²) in [6.45, 7) is 2.07. The zero-order valence-electron chi connectivity index (χ0n) is 7.50. The topological polar surface area (TPSA) is 35.3 Å². The number of rotatable bonds is 2. The zero-order valence-corrected chi connectivity index (χ0v) is 8.25. The molecule has 0 radical (unpaired) electrons. The Hall–Kier alpha value is -0.540. The number of hydrogen-bond acceptors (Lipinski definition) is 3. The predicted molar refractivity (Wildman–Crippen MR) is 48.6 cm³/mol. The Morgan fingerprint density at radius 2 is 2.46 bits per heavy atom. The number of aromatic nitrogens is 1. The van der Waals surface area contributed by atoms with Gasteiger partial charge in [-0.1, -0.05) is 0 Å². The van der Waals surface area contributed by atoms with E-state index in [1.54, 1.807) is 0 Å². The molecule has 0 aliphatic carbocycles. The smallest absolute Gasteiger partial charge is 0.181 e. The van der Waals surface area contributed by atoms with Gasteiger partial charge in [-0.15, -0.1) is 11.6 Å². The lowest BCUT2D eigenvalue weighted by Crippen LogP contribution is -2.01. The highest BCUT2D eigenvalue weighted by atomic mass is 35.5. The fourth-order valence-corrected chi connectivity index (χ4v) is 1.84. The van der Waals surface area contributed by atoms with Gasteiger partial charge in [-0.05, 0) is 19.8 Å². The molecular weight excluding hydrogens is 190 g/mol. The molecule has 72 valence electrons. The molecule has 2 atom stereocenters. The predicted octanol–water partition coefficient (Wildman–Crippen LogP) is 2.65. The summed E-state index contributed by atoms with van der Waals surface area (Å²) in [4.78, 5) is 4.03. The molecule has 1 saturated heterocycles. The van der Waals surface area contributed by atoms with Gasteiger partial charge in [0.2, 0.25) is 0 Å². The average molecular weight is 202 g/mol. The van der Waals surface area contributed by atoms with Crippen LogP contribution in [-0.4, -0.2) is 11.1 Å². The van der Waals surface area contributed by atoms with Crippen molar-refractivity contribution >= 4 is 11.6 Å². The number of halogens is 1. The Balaban J connectivity index is 2.16. The highest BCUT2D eigenvalue weighted by Crippen LogP contribution is 2.34. The van der Waals surface area contributed by atoms with Crippen LogP contribution in [0.2, 0.25) is 0 Å². The number of ether oxygens (including phenoxy) is 1. The number of oxazole rings is 1. The molecule has 4 heteroatoms. The Kier molecular flexibility index (Phi) is 2.56. The molecule has 1 aliphatic rings. The summed E-state index contributed by atoms with van der Waals surface area (Å²) in [5.41, 5.74) is 0.806. The van der Waals surface area contributed by atoms with E-state index in [2.05, 4.69) is 11.9 Å². The van der Waals surface area contributed by atoms with E-state index >= 15 is 0 Å². The normalized spacial score (nSPS) is 28.2. The van der Waals surface area contributed by atoms with Gasteiger partial charge in [0.15, 0.2) is 12.2 Å². The van der Waals surface area contributed by atoms with E-state index in [4.69, 9.17) is 20.8 Å². The number of alkyl halides is 1. The van der Waals surface area contributed by atoms with Crippen molar-refractivity contribution in [3.63, 3.8) is 0 Å². The van der Waals surface area contributed by atoms with E-state index in [1.165, 1.54) is 6.39 Å². The molecule has 2 heterocycles. The molecular formula is C9H12ClNO2. The summed E-state index contributed by atoms with van der Waals surface area (Å²) < 4.78 is 10.9. The van der Waals surface area contributed by atoms with Crippen LogP contribution in [0.4, 0.5) is 0 Å². The molecule has 0 N–H and O–H groups in total. The van der Waals surface area contributed by atoms with Crippen molar-refractivity contribution in [2.24, 2.45) is 0 Å². The Morgan fingerprint density at radius 3 is 3.08 bits per heavy atom. The number of hydrogen-bond donors (Lipinski definition) is 0. The van der Waals surface area contributed by atoms with E-state index in [-0.39, 0.29) is 6.10 Å². The maximum absolute atomic E-state index is 5.71. The molecule has 1 aliphatic heterocycles. The minimum Gasteiger partial charge on any atom is -0.445 e. The van der Waals surface area contributed by atoms with E-state index in [9.17, 15) is 0 Å². The molecule has 13 heavy (non-hydrogen) atoms. The third kappa shape index (κ3) is 1.71. The summed E-state index contributed by atoms with van der Waals surface area (Å²) in [5.74, 6) is 1.19. The molecule has 1 aromatic rings. The van der Waals surface area contributed by atoms with Crippen molar-refractivity contribution in [3.05, 3.63) is 17.8 Å². The van der Waals surface area contributed by atoms with Crippen LogP contribution in [0.1, 0.15) is 37.3 Å². The lowest BCUT2D eigenvalue weighted by Gasteiger charge is -2.08. The maximum atomic E-state index is 5.71. The van der Waals surface area contributed by atoms with Crippen LogP contribution in [0.3, 0.4) is 0 Å². The lowest BCUT2D eigenvalue weighted by atomic mass is 10.1. The quantitative estimate of drug-likeness (QED) is 0.690. The first-order valence-electron chi connectivity index (χ1n) is 4.45. The van der Waals surface area contributed by atoms with Crippen molar-refractivity contribution in [2.45, 2.75) is 37.9 Å². The molecule has 2 unspecified atom stereocenters. The summed E-state index contributed by atoms with van der Waals surface area (Å²) in [7, 11) is 0. The molecule has 0 spiro atoms. The van der Waals surface area contributed by atoms with Gasteiger partial charge >= 0.3 is 0 Å². The first-order chi connectivity index (χ1) is 6.31. The Morgan fingerprint density at radius 1 is 1.62 bits per heavy atom. The van der Waals surface area contributed by atoms with Crippen molar-refractivity contribution in [3.8, 4) is 0 Å². The minimum atomic E-state index is 0.0613. The summed E-state index contributed by atoms with van der Waals surface area (Å²) >= 11 is 5.71. The molecule has 1 fully saturated rings. The van der Waals surface area contributed by atoms with Crippen LogP contribution in [0.5, 0.6) is 0 Å². The van der Waals surface area contributed by atoms with Crippen LogP contribution >= 0.6 is 11.6 Å². The van der Waals surface area contributed by atoms with Gasteiger partial charge in [0.1, 0.15) is 6.10 Å². The lowest BCUT2D eigenvalue weighted by molar-refractivity contribution is 0.0419. The van der Waals surface area contributed by atoms with E-state index < -0.39 is 0 Å². The zero-order chi connectivity index (χ0) is 9.26. The average Bonchev–Trinajstić information content (AvgIpc) is 2.71. The van der Waals surface area contributed by atoms with Crippen LogP contribution in [0.15, 0.2) is 10.8 Å². The van der Waals surface area contributed by atoms with Crippen LogP contribution in [-0.2, 0) is 10.6 Å². The standard InChI is InChI=1S/C9H12ClNO2/c1-6-2-3-8(13-6)9-7(4-10)11-5-12-9/h5-6,8H,2-4H2,1H3. The molecule has 3 nitrogen and oxygen atoms in total. The first-order valence-corrected chi connectivity index (χ1v) is 4.98. The van der Waals surface area contributed by atoms with Gasteiger partial charge in [-0.3, -0.25) is 0 Å². The Labute approximate surface area is 82.0 Å². The van der Waals surface area contributed by atoms with Crippen LogP contribution in [0.25, 0.3) is 0 Å². The van der Waals surface area contributed by atoms with Gasteiger partial charge in [-0.25, -0.2) is 4.98 Å². The maximum Gasteiger partial charge on any atom is 0.181 e. The SMILES string of the molecule is CC1CCC(c2ocnc2CCl)O1. The molecule has 0 bridgehead atoms. The van der Waals surface area contributed by atoms with Gasteiger partial charge in [-0.2, -0.15) is 0 Å². The highest BCUT2D eigenvalue weighted by Gasteiger charge is 2.28. The van der Waals surface area contributed by atoms with Crippen molar-refractivity contribution in [2.75, 3.05) is 0 Å². The van der Waals surface area contributed by atoms with E-state index in [0.717, 1.165) is 24.3 Å². The first kappa shape index (κ1) is 9.03. The molecule has 0 amide bonds. The largest absolute Gasteiger partial charge is 0.445 e.